The molecule has 2 aromatic rings. The molecule has 0 aliphatic carbocycles. The third-order valence-electron chi connectivity index (χ3n) is 2.36. The van der Waals surface area contributed by atoms with E-state index in [1.807, 2.05) is 12.1 Å². The summed E-state index contributed by atoms with van der Waals surface area (Å²) in [6, 6.07) is 8.60. The first-order valence-corrected chi connectivity index (χ1v) is 6.32. The summed E-state index contributed by atoms with van der Waals surface area (Å²) < 4.78 is 5.09. The van der Waals surface area contributed by atoms with Gasteiger partial charge in [0.15, 0.2) is 5.43 Å². The Balaban J connectivity index is 0.000000134. The minimum absolute atomic E-state index is 0.00634. The van der Waals surface area contributed by atoms with Crippen molar-refractivity contribution in [2.24, 2.45) is 20.8 Å². The molecule has 0 spiro atoms. The number of rotatable bonds is 0. The van der Waals surface area contributed by atoms with Crippen molar-refractivity contribution in [3.8, 4) is 0 Å². The van der Waals surface area contributed by atoms with Crippen LogP contribution in [0.15, 0.2) is 66.6 Å². The molecule has 0 fully saturated rings. The van der Waals surface area contributed by atoms with Gasteiger partial charge in [-0.05, 0) is 12.1 Å². The van der Waals surface area contributed by atoms with Crippen LogP contribution in [0.1, 0.15) is 0 Å². The second-order valence-corrected chi connectivity index (χ2v) is 3.84. The van der Waals surface area contributed by atoms with Crippen LogP contribution in [-0.4, -0.2) is 26.3 Å². The third kappa shape index (κ3) is 5.01. The van der Waals surface area contributed by atoms with Crippen molar-refractivity contribution in [3.63, 3.8) is 0 Å². The highest BCUT2D eigenvalue weighted by atomic mass is 16.7. The fourth-order valence-electron chi connectivity index (χ4n) is 1.44. The van der Waals surface area contributed by atoms with Crippen LogP contribution in [0.5, 0.6) is 0 Å². The lowest BCUT2D eigenvalue weighted by Gasteiger charge is -1.91. The first-order valence-electron chi connectivity index (χ1n) is 6.32. The van der Waals surface area contributed by atoms with Crippen molar-refractivity contribution in [2.75, 3.05) is 26.3 Å². The number of hydrogen-bond donors (Lipinski definition) is 0. The summed E-state index contributed by atoms with van der Waals surface area (Å²) in [5.74, 6) is 0. The van der Waals surface area contributed by atoms with E-state index < -0.39 is 0 Å². The van der Waals surface area contributed by atoms with Crippen molar-refractivity contribution < 1.29 is 14.1 Å². The molecule has 0 bridgehead atoms. The molecule has 2 aliphatic rings. The molecular weight excluding hydrogens is 276 g/mol. The molecule has 3 heterocycles. The van der Waals surface area contributed by atoms with Crippen molar-refractivity contribution in [1.82, 2.24) is 0 Å². The van der Waals surface area contributed by atoms with Crippen LogP contribution in [0, 0.1) is 0 Å². The van der Waals surface area contributed by atoms with Crippen LogP contribution in [0.25, 0.3) is 11.0 Å². The fourth-order valence-corrected chi connectivity index (χ4v) is 1.44. The zero-order valence-electron chi connectivity index (χ0n) is 11.2. The van der Waals surface area contributed by atoms with Crippen LogP contribution in [-0.2, 0) is 9.68 Å². The number of benzene rings is 1. The Bertz CT molecular complexity index is 635. The zero-order valence-corrected chi connectivity index (χ0v) is 11.2. The van der Waals surface area contributed by atoms with Gasteiger partial charge in [-0.2, -0.15) is 10.2 Å². The molecule has 21 heavy (non-hydrogen) atoms. The molecular formula is C13H14N4O4. The van der Waals surface area contributed by atoms with Gasteiger partial charge in [-0.3, -0.25) is 4.79 Å². The van der Waals surface area contributed by atoms with Crippen molar-refractivity contribution in [1.29, 1.82) is 0 Å². The third-order valence-corrected chi connectivity index (χ3v) is 2.36. The van der Waals surface area contributed by atoms with E-state index in [-0.39, 0.29) is 5.43 Å². The lowest BCUT2D eigenvalue weighted by atomic mass is 10.2. The van der Waals surface area contributed by atoms with E-state index in [1.54, 1.807) is 12.1 Å². The summed E-state index contributed by atoms with van der Waals surface area (Å²) in [5.41, 5.74) is 0.645. The number of hydrogen-bond acceptors (Lipinski definition) is 8. The molecule has 0 N–H and O–H groups in total. The van der Waals surface area contributed by atoms with E-state index in [0.717, 1.165) is 13.1 Å². The summed E-state index contributed by atoms with van der Waals surface area (Å²) in [5, 5.41) is 14.0. The summed E-state index contributed by atoms with van der Waals surface area (Å²) >= 11 is 0. The second kappa shape index (κ2) is 8.41. The lowest BCUT2D eigenvalue weighted by Crippen LogP contribution is -1.96. The molecule has 1 aromatic carbocycles. The van der Waals surface area contributed by atoms with Gasteiger partial charge in [0.05, 0.1) is 11.6 Å². The molecule has 1 aromatic heterocycles. The average molecular weight is 290 g/mol. The van der Waals surface area contributed by atoms with Gasteiger partial charge < -0.3 is 14.1 Å². The van der Waals surface area contributed by atoms with Crippen molar-refractivity contribution >= 4 is 11.0 Å². The predicted molar refractivity (Wildman–Crippen MR) is 73.8 cm³/mol. The van der Waals surface area contributed by atoms with Gasteiger partial charge in [-0.1, -0.05) is 12.1 Å². The second-order valence-electron chi connectivity index (χ2n) is 3.84. The standard InChI is InChI=1S/C9H6O2.2C2H4N2O/c10-8-5-6-11-9-4-2-1-3-7(8)9;2*1-2-5-4-3-1/h1-6H;2*1-2H2. The largest absolute Gasteiger partial charge is 0.464 e. The lowest BCUT2D eigenvalue weighted by molar-refractivity contribution is 0.174. The highest BCUT2D eigenvalue weighted by Gasteiger charge is 1.95. The van der Waals surface area contributed by atoms with Crippen LogP contribution >= 0.6 is 0 Å². The number of nitrogens with zero attached hydrogens (tertiary/aromatic N) is 4. The molecule has 8 heteroatoms. The van der Waals surface area contributed by atoms with Crippen LogP contribution in [0.3, 0.4) is 0 Å². The van der Waals surface area contributed by atoms with E-state index in [2.05, 4.69) is 30.5 Å². The Labute approximate surface area is 120 Å². The number of fused-ring (bicyclic) bond motifs is 1. The van der Waals surface area contributed by atoms with Crippen molar-refractivity contribution in [3.05, 3.63) is 46.8 Å². The van der Waals surface area contributed by atoms with E-state index in [1.165, 1.54) is 12.3 Å². The van der Waals surface area contributed by atoms with Crippen molar-refractivity contribution in [2.45, 2.75) is 0 Å². The molecule has 0 unspecified atom stereocenters. The highest BCUT2D eigenvalue weighted by molar-refractivity contribution is 5.75. The van der Waals surface area contributed by atoms with Crippen LogP contribution < -0.4 is 5.43 Å². The van der Waals surface area contributed by atoms with Gasteiger partial charge in [0.25, 0.3) is 0 Å². The minimum Gasteiger partial charge on any atom is -0.464 e. The highest BCUT2D eigenvalue weighted by Crippen LogP contribution is 2.06. The summed E-state index contributed by atoms with van der Waals surface area (Å²) in [6.45, 7) is 2.81. The maximum atomic E-state index is 11.1. The molecule has 0 saturated heterocycles. The number of para-hydroxylation sites is 1. The molecule has 0 saturated carbocycles. The smallest absolute Gasteiger partial charge is 0.192 e. The molecule has 0 radical (unpaired) electrons. The molecule has 8 nitrogen and oxygen atoms in total. The molecule has 110 valence electrons. The maximum Gasteiger partial charge on any atom is 0.192 e. The monoisotopic (exact) mass is 290 g/mol. The van der Waals surface area contributed by atoms with Gasteiger partial charge in [0.2, 0.25) is 0 Å². The zero-order chi connectivity index (χ0) is 14.8. The van der Waals surface area contributed by atoms with E-state index in [0.29, 0.717) is 24.2 Å². The van der Waals surface area contributed by atoms with Gasteiger partial charge in [-0.25, -0.2) is 0 Å². The topological polar surface area (TPSA) is 98.1 Å². The summed E-state index contributed by atoms with van der Waals surface area (Å²) in [4.78, 5) is 19.9. The van der Waals surface area contributed by atoms with E-state index >= 15 is 0 Å². The summed E-state index contributed by atoms with van der Waals surface area (Å²) in [7, 11) is 0. The normalized spacial score (nSPS) is 14.5. The van der Waals surface area contributed by atoms with Gasteiger partial charge >= 0.3 is 0 Å². The molecule has 2 aliphatic heterocycles. The van der Waals surface area contributed by atoms with Gasteiger partial charge in [0.1, 0.15) is 31.9 Å². The van der Waals surface area contributed by atoms with Gasteiger partial charge in [-0.15, -0.1) is 0 Å². The predicted octanol–water partition coefficient (Wildman–Crippen LogP) is 2.56. The Kier molecular flexibility index (Phi) is 5.86. The van der Waals surface area contributed by atoms with Crippen LogP contribution in [0.2, 0.25) is 0 Å². The Morgan fingerprint density at radius 1 is 0.905 bits per heavy atom. The first kappa shape index (κ1) is 14.6. The Morgan fingerprint density at radius 3 is 2.05 bits per heavy atom. The molecule has 0 amide bonds. The maximum absolute atomic E-state index is 11.1. The van der Waals surface area contributed by atoms with E-state index in [9.17, 15) is 4.79 Å². The quantitative estimate of drug-likeness (QED) is 0.744. The average Bonchev–Trinajstić information content (AvgIpc) is 3.26. The molecule has 4 rings (SSSR count). The van der Waals surface area contributed by atoms with Gasteiger partial charge in [0, 0.05) is 16.6 Å². The van der Waals surface area contributed by atoms with E-state index in [4.69, 9.17) is 4.42 Å². The Hall–Kier alpha value is -2.77. The van der Waals surface area contributed by atoms with Crippen LogP contribution in [0.4, 0.5) is 0 Å². The minimum atomic E-state index is 0.00634. The first-order chi connectivity index (χ1) is 10.4. The Morgan fingerprint density at radius 2 is 1.57 bits per heavy atom. The fraction of sp³-hybridized carbons (Fsp3) is 0.308. The SMILES string of the molecule is C1CON=N1.C1CON=N1.O=c1ccoc2ccccc12. The summed E-state index contributed by atoms with van der Waals surface area (Å²) in [6.07, 6.45) is 1.41. The molecule has 0 atom stereocenters.